The zero-order chi connectivity index (χ0) is 22.9. The van der Waals surface area contributed by atoms with E-state index in [1.807, 2.05) is 42.5 Å². The van der Waals surface area contributed by atoms with E-state index in [9.17, 15) is 0 Å². The number of nitrogens with one attached hydrogen (secondary N) is 2. The normalized spacial score (nSPS) is 20.8. The lowest BCUT2D eigenvalue weighted by atomic mass is 9.90. The van der Waals surface area contributed by atoms with Crippen LogP contribution in [0.5, 0.6) is 11.5 Å². The van der Waals surface area contributed by atoms with Crippen LogP contribution in [0.15, 0.2) is 67.1 Å². The Morgan fingerprint density at radius 2 is 1.62 bits per heavy atom. The Hall–Kier alpha value is -3.42. The molecule has 0 atom stereocenters. The molecule has 0 amide bonds. The molecule has 4 N–H and O–H groups in total. The summed E-state index contributed by atoms with van der Waals surface area (Å²) in [7, 11) is 0. The summed E-state index contributed by atoms with van der Waals surface area (Å²) in [5.74, 6) is 2.15. The molecule has 2 aromatic carbocycles. The van der Waals surface area contributed by atoms with E-state index in [-0.39, 0.29) is 0 Å². The van der Waals surface area contributed by atoms with E-state index in [2.05, 4.69) is 43.5 Å². The molecule has 34 heavy (non-hydrogen) atoms. The van der Waals surface area contributed by atoms with Crippen molar-refractivity contribution in [3.05, 3.63) is 67.1 Å². The Kier molecular flexibility index (Phi) is 5.65. The molecule has 0 unspecified atom stereocenters. The number of anilines is 1. The molecular weight excluding hydrogens is 424 g/mol. The van der Waals surface area contributed by atoms with Crippen molar-refractivity contribution in [3.63, 3.8) is 0 Å². The Balaban J connectivity index is 1.26. The third-order valence-electron chi connectivity index (χ3n) is 7.13. The lowest BCUT2D eigenvalue weighted by molar-refractivity contribution is 0.249. The molecule has 0 spiro atoms. The summed E-state index contributed by atoms with van der Waals surface area (Å²) < 4.78 is 8.30. The highest BCUT2D eigenvalue weighted by Crippen LogP contribution is 2.38. The molecule has 0 radical (unpaired) electrons. The van der Waals surface area contributed by atoms with E-state index in [1.165, 1.54) is 12.8 Å². The number of hydrogen-bond donors (Lipinski definition) is 3. The maximum absolute atomic E-state index is 6.36. The number of para-hydroxylation sites is 1. The van der Waals surface area contributed by atoms with Crippen molar-refractivity contribution in [1.82, 2.24) is 25.2 Å². The highest BCUT2D eigenvalue weighted by Gasteiger charge is 2.28. The van der Waals surface area contributed by atoms with Gasteiger partial charge >= 0.3 is 0 Å². The van der Waals surface area contributed by atoms with E-state index in [1.54, 1.807) is 6.33 Å². The van der Waals surface area contributed by atoms with Crippen molar-refractivity contribution >= 4 is 16.9 Å². The van der Waals surface area contributed by atoms with Gasteiger partial charge in [-0.15, -0.1) is 0 Å². The number of aromatic nitrogens is 3. The molecule has 1 saturated carbocycles. The fourth-order valence-corrected chi connectivity index (χ4v) is 5.19. The zero-order valence-corrected chi connectivity index (χ0v) is 19.2. The van der Waals surface area contributed by atoms with Crippen LogP contribution in [0, 0.1) is 0 Å². The lowest BCUT2D eigenvalue weighted by Crippen LogP contribution is -2.58. The molecule has 3 heterocycles. The van der Waals surface area contributed by atoms with Crippen LogP contribution in [-0.2, 0) is 0 Å². The summed E-state index contributed by atoms with van der Waals surface area (Å²) in [5.41, 5.74) is 9.44. The number of nitrogen functional groups attached to an aromatic ring is 1. The van der Waals surface area contributed by atoms with Crippen molar-refractivity contribution < 1.29 is 4.74 Å². The molecule has 2 aromatic heterocycles. The van der Waals surface area contributed by atoms with Crippen molar-refractivity contribution in [2.24, 2.45) is 0 Å². The summed E-state index contributed by atoms with van der Waals surface area (Å²) in [6.07, 6.45) is 8.43. The molecule has 1 saturated heterocycles. The predicted octanol–water partition coefficient (Wildman–Crippen LogP) is 4.52. The Bertz CT molecular complexity index is 1260. The number of rotatable bonds is 6. The Labute approximate surface area is 199 Å². The summed E-state index contributed by atoms with van der Waals surface area (Å²) in [4.78, 5) is 8.95. The minimum Gasteiger partial charge on any atom is -0.457 e. The Morgan fingerprint density at radius 1 is 0.882 bits per heavy atom. The second-order valence-electron chi connectivity index (χ2n) is 9.37. The first kappa shape index (κ1) is 21.1. The third-order valence-corrected chi connectivity index (χ3v) is 7.13. The van der Waals surface area contributed by atoms with E-state index >= 15 is 0 Å². The molecule has 6 rings (SSSR count). The number of ether oxygens (including phenoxy) is 1. The van der Waals surface area contributed by atoms with Gasteiger partial charge in [0.25, 0.3) is 0 Å². The predicted molar refractivity (Wildman–Crippen MR) is 135 cm³/mol. The average molecular weight is 455 g/mol. The summed E-state index contributed by atoms with van der Waals surface area (Å²) >= 11 is 0. The highest BCUT2D eigenvalue weighted by atomic mass is 16.5. The summed E-state index contributed by atoms with van der Waals surface area (Å²) in [5, 5.41) is 8.07. The van der Waals surface area contributed by atoms with E-state index < -0.39 is 0 Å². The van der Waals surface area contributed by atoms with Gasteiger partial charge in [0.2, 0.25) is 0 Å². The molecule has 1 aliphatic carbocycles. The Morgan fingerprint density at radius 3 is 2.32 bits per heavy atom. The number of nitrogens with zero attached hydrogens (tertiary/aromatic N) is 3. The quantitative estimate of drug-likeness (QED) is 0.397. The zero-order valence-electron chi connectivity index (χ0n) is 19.2. The lowest BCUT2D eigenvalue weighted by Gasteiger charge is -2.36. The van der Waals surface area contributed by atoms with Crippen molar-refractivity contribution in [3.8, 4) is 22.6 Å². The van der Waals surface area contributed by atoms with Crippen molar-refractivity contribution in [1.29, 1.82) is 0 Å². The maximum Gasteiger partial charge on any atom is 0.146 e. The van der Waals surface area contributed by atoms with Crippen LogP contribution in [-0.4, -0.2) is 39.7 Å². The number of benzene rings is 2. The van der Waals surface area contributed by atoms with E-state index in [4.69, 9.17) is 10.5 Å². The van der Waals surface area contributed by atoms with Gasteiger partial charge in [-0.2, -0.15) is 0 Å². The minimum atomic E-state index is 0.420. The summed E-state index contributed by atoms with van der Waals surface area (Å²) in [6, 6.07) is 19.6. The minimum absolute atomic E-state index is 0.420. The van der Waals surface area contributed by atoms with Gasteiger partial charge in [-0.1, -0.05) is 30.3 Å². The van der Waals surface area contributed by atoms with Crippen LogP contribution in [0.3, 0.4) is 0 Å². The molecule has 2 fully saturated rings. The molecule has 1 aliphatic heterocycles. The van der Waals surface area contributed by atoms with Gasteiger partial charge in [0.1, 0.15) is 29.3 Å². The monoisotopic (exact) mass is 454 g/mol. The van der Waals surface area contributed by atoms with E-state index in [0.29, 0.717) is 23.9 Å². The first-order valence-corrected chi connectivity index (χ1v) is 12.2. The first-order valence-electron chi connectivity index (χ1n) is 12.2. The van der Waals surface area contributed by atoms with Gasteiger partial charge in [0, 0.05) is 43.0 Å². The number of nitrogens with two attached hydrogens (primary N) is 1. The van der Waals surface area contributed by atoms with Crippen LogP contribution >= 0.6 is 0 Å². The van der Waals surface area contributed by atoms with Crippen LogP contribution in [0.4, 0.5) is 5.82 Å². The number of hydrogen-bond acceptors (Lipinski definition) is 6. The molecule has 0 bridgehead atoms. The van der Waals surface area contributed by atoms with Gasteiger partial charge in [0.15, 0.2) is 0 Å². The van der Waals surface area contributed by atoms with Crippen LogP contribution in [0.1, 0.15) is 31.7 Å². The molecule has 7 nitrogen and oxygen atoms in total. The average Bonchev–Trinajstić information content (AvgIpc) is 3.24. The van der Waals surface area contributed by atoms with Gasteiger partial charge in [0.05, 0.1) is 5.39 Å². The fourth-order valence-electron chi connectivity index (χ4n) is 5.19. The molecule has 2 aliphatic rings. The molecular formula is C27H30N6O. The highest BCUT2D eigenvalue weighted by molar-refractivity contribution is 6.00. The number of fused-ring (bicyclic) bond motifs is 1. The van der Waals surface area contributed by atoms with E-state index in [0.717, 1.165) is 59.6 Å². The summed E-state index contributed by atoms with van der Waals surface area (Å²) in [6.45, 7) is 2.19. The van der Waals surface area contributed by atoms with Gasteiger partial charge in [-0.05, 0) is 55.5 Å². The fraction of sp³-hybridized carbons (Fsp3) is 0.333. The topological polar surface area (TPSA) is 90.0 Å². The second kappa shape index (κ2) is 9.08. The van der Waals surface area contributed by atoms with Crippen LogP contribution in [0.2, 0.25) is 0 Å². The SMILES string of the molecule is Nc1ncnc2c1c(-c1ccc(Oc3ccccc3)cc1)cn2C1CCC(NC2CNC2)CC1. The van der Waals surface area contributed by atoms with Crippen LogP contribution in [0.25, 0.3) is 22.2 Å². The van der Waals surface area contributed by atoms with Gasteiger partial charge in [-0.25, -0.2) is 9.97 Å². The smallest absolute Gasteiger partial charge is 0.146 e. The van der Waals surface area contributed by atoms with Crippen molar-refractivity contribution in [2.75, 3.05) is 18.8 Å². The standard InChI is InChI=1S/C27H30N6O/c28-26-25-24(18-6-12-23(13-7-18)34-22-4-2-1-3-5-22)16-33(27(25)31-17-30-26)21-10-8-19(9-11-21)32-20-14-29-15-20/h1-7,12-13,16-17,19-21,29,32H,8-11,14-15H2,(H2,28,30,31). The van der Waals surface area contributed by atoms with Crippen molar-refractivity contribution in [2.45, 2.75) is 43.8 Å². The first-order chi connectivity index (χ1) is 16.7. The maximum atomic E-state index is 6.36. The van der Waals surface area contributed by atoms with Gasteiger partial charge in [-0.3, -0.25) is 0 Å². The van der Waals surface area contributed by atoms with Gasteiger partial charge < -0.3 is 25.7 Å². The van der Waals surface area contributed by atoms with Crippen LogP contribution < -0.4 is 21.1 Å². The molecule has 4 aromatic rings. The second-order valence-corrected chi connectivity index (χ2v) is 9.37. The third kappa shape index (κ3) is 4.13. The molecule has 7 heteroatoms. The molecule has 174 valence electrons. The largest absolute Gasteiger partial charge is 0.457 e.